The second kappa shape index (κ2) is 9.71. The van der Waals surface area contributed by atoms with Gasteiger partial charge in [-0.15, -0.1) is 0 Å². The van der Waals surface area contributed by atoms with Gasteiger partial charge in [-0.05, 0) is 49.1 Å². The summed E-state index contributed by atoms with van der Waals surface area (Å²) in [6.45, 7) is 1.87. The first-order chi connectivity index (χ1) is 13.5. The van der Waals surface area contributed by atoms with Crippen LogP contribution < -0.4 is 10.0 Å². The van der Waals surface area contributed by atoms with Crippen molar-refractivity contribution >= 4 is 21.7 Å². The van der Waals surface area contributed by atoms with Gasteiger partial charge in [-0.3, -0.25) is 0 Å². The normalized spacial score (nSPS) is 15.1. The predicted molar refractivity (Wildman–Crippen MR) is 111 cm³/mol. The molecule has 7 heteroatoms. The number of rotatable bonds is 6. The summed E-state index contributed by atoms with van der Waals surface area (Å²) >= 11 is 0. The monoisotopic (exact) mass is 401 g/mol. The highest BCUT2D eigenvalue weighted by Gasteiger charge is 2.17. The molecule has 0 bridgehead atoms. The number of sulfonamides is 1. The molecule has 2 amide bonds. The Labute approximate surface area is 167 Å². The molecule has 2 aromatic rings. The van der Waals surface area contributed by atoms with Crippen molar-refractivity contribution in [2.24, 2.45) is 0 Å². The lowest BCUT2D eigenvalue weighted by Gasteiger charge is -2.20. The molecule has 2 aromatic carbocycles. The number of hydrogen-bond acceptors (Lipinski definition) is 3. The van der Waals surface area contributed by atoms with E-state index in [1.165, 1.54) is 12.1 Å². The van der Waals surface area contributed by atoms with Gasteiger partial charge in [-0.2, -0.15) is 0 Å². The molecule has 0 aliphatic carbocycles. The molecule has 1 fully saturated rings. The number of amides is 2. The van der Waals surface area contributed by atoms with Crippen molar-refractivity contribution in [2.75, 3.05) is 25.0 Å². The van der Waals surface area contributed by atoms with E-state index in [1.54, 1.807) is 12.1 Å². The Bertz CT molecular complexity index is 860. The first-order valence-electron chi connectivity index (χ1n) is 9.74. The maximum absolute atomic E-state index is 12.4. The van der Waals surface area contributed by atoms with E-state index in [9.17, 15) is 13.2 Å². The van der Waals surface area contributed by atoms with Gasteiger partial charge in [0.2, 0.25) is 10.0 Å². The molecule has 0 aromatic heterocycles. The van der Waals surface area contributed by atoms with Gasteiger partial charge in [0.05, 0.1) is 4.90 Å². The minimum Gasteiger partial charge on any atom is -0.325 e. The summed E-state index contributed by atoms with van der Waals surface area (Å²) in [4.78, 5) is 14.4. The molecule has 0 spiro atoms. The largest absolute Gasteiger partial charge is 0.325 e. The van der Waals surface area contributed by atoms with E-state index >= 15 is 0 Å². The highest BCUT2D eigenvalue weighted by Crippen LogP contribution is 2.16. The highest BCUT2D eigenvalue weighted by atomic mass is 32.2. The lowest BCUT2D eigenvalue weighted by Crippen LogP contribution is -2.35. The predicted octanol–water partition coefficient (Wildman–Crippen LogP) is 3.62. The lowest BCUT2D eigenvalue weighted by molar-refractivity contribution is 0.214. The van der Waals surface area contributed by atoms with Gasteiger partial charge in [0.15, 0.2) is 0 Å². The second-order valence-electron chi connectivity index (χ2n) is 6.99. The van der Waals surface area contributed by atoms with Crippen LogP contribution in [0.4, 0.5) is 10.5 Å². The minimum absolute atomic E-state index is 0.126. The first-order valence-corrected chi connectivity index (χ1v) is 11.2. The molecular formula is C21H27N3O3S. The Balaban J connectivity index is 1.54. The fourth-order valence-electron chi connectivity index (χ4n) is 3.25. The summed E-state index contributed by atoms with van der Waals surface area (Å²) in [5.74, 6) is 0. The fraction of sp³-hybridized carbons (Fsp3) is 0.381. The van der Waals surface area contributed by atoms with Crippen LogP contribution in [-0.4, -0.2) is 39.0 Å². The van der Waals surface area contributed by atoms with E-state index < -0.39 is 10.0 Å². The number of hydrogen-bond donors (Lipinski definition) is 2. The summed E-state index contributed by atoms with van der Waals surface area (Å²) < 4.78 is 27.5. The molecule has 0 unspecified atom stereocenters. The molecule has 0 atom stereocenters. The van der Waals surface area contributed by atoms with E-state index in [0.29, 0.717) is 18.7 Å². The smallest absolute Gasteiger partial charge is 0.321 e. The standard InChI is InChI=1S/C21H27N3O3S/c25-21(24-16-6-1-2-7-17-24)23-19-10-12-20(13-11-19)28(26,27)22-15-14-18-8-4-3-5-9-18/h3-5,8-13,22H,1-2,6-7,14-17H2,(H,23,25). The minimum atomic E-state index is -3.57. The number of benzene rings is 2. The molecule has 1 saturated heterocycles. The Hall–Kier alpha value is -2.38. The third-order valence-corrected chi connectivity index (χ3v) is 6.33. The number of carbonyl (C=O) groups excluding carboxylic acids is 1. The molecule has 6 nitrogen and oxygen atoms in total. The number of carbonyl (C=O) groups is 1. The van der Waals surface area contributed by atoms with E-state index in [0.717, 1.165) is 44.3 Å². The van der Waals surface area contributed by atoms with Crippen molar-refractivity contribution < 1.29 is 13.2 Å². The zero-order valence-corrected chi connectivity index (χ0v) is 16.7. The van der Waals surface area contributed by atoms with Crippen LogP contribution in [0.1, 0.15) is 31.2 Å². The second-order valence-corrected chi connectivity index (χ2v) is 8.76. The van der Waals surface area contributed by atoms with Gasteiger partial charge < -0.3 is 10.2 Å². The van der Waals surface area contributed by atoms with Crippen molar-refractivity contribution in [3.05, 3.63) is 60.2 Å². The zero-order chi connectivity index (χ0) is 19.8. The number of anilines is 1. The van der Waals surface area contributed by atoms with Crippen LogP contribution in [0.2, 0.25) is 0 Å². The zero-order valence-electron chi connectivity index (χ0n) is 15.9. The van der Waals surface area contributed by atoms with Crippen LogP contribution in [0.3, 0.4) is 0 Å². The van der Waals surface area contributed by atoms with Gasteiger partial charge in [0.1, 0.15) is 0 Å². The van der Waals surface area contributed by atoms with Gasteiger partial charge in [-0.1, -0.05) is 43.2 Å². The fourth-order valence-corrected chi connectivity index (χ4v) is 4.28. The topological polar surface area (TPSA) is 78.5 Å². The van der Waals surface area contributed by atoms with E-state index in [1.807, 2.05) is 35.2 Å². The highest BCUT2D eigenvalue weighted by molar-refractivity contribution is 7.89. The summed E-state index contributed by atoms with van der Waals surface area (Å²) in [6, 6.07) is 15.9. The maximum Gasteiger partial charge on any atom is 0.321 e. The first kappa shape index (κ1) is 20.4. The summed E-state index contributed by atoms with van der Waals surface area (Å²) in [5, 5.41) is 2.85. The van der Waals surface area contributed by atoms with Crippen LogP contribution in [0.25, 0.3) is 0 Å². The Morgan fingerprint density at radius 3 is 2.18 bits per heavy atom. The van der Waals surface area contributed by atoms with E-state index in [4.69, 9.17) is 0 Å². The van der Waals surface area contributed by atoms with Crippen LogP contribution in [0.5, 0.6) is 0 Å². The number of nitrogens with one attached hydrogen (secondary N) is 2. The van der Waals surface area contributed by atoms with Crippen molar-refractivity contribution in [3.63, 3.8) is 0 Å². The Morgan fingerprint density at radius 2 is 1.54 bits per heavy atom. The molecule has 1 aliphatic heterocycles. The Morgan fingerprint density at radius 1 is 0.893 bits per heavy atom. The average molecular weight is 402 g/mol. The number of nitrogens with zero attached hydrogens (tertiary/aromatic N) is 1. The molecule has 3 rings (SSSR count). The SMILES string of the molecule is O=C(Nc1ccc(S(=O)(=O)NCCc2ccccc2)cc1)N1CCCCCC1. The lowest BCUT2D eigenvalue weighted by atomic mass is 10.2. The third kappa shape index (κ3) is 5.81. The van der Waals surface area contributed by atoms with Gasteiger partial charge in [0.25, 0.3) is 0 Å². The van der Waals surface area contributed by atoms with E-state index in [2.05, 4.69) is 10.0 Å². The number of likely N-dealkylation sites (tertiary alicyclic amines) is 1. The van der Waals surface area contributed by atoms with E-state index in [-0.39, 0.29) is 10.9 Å². The third-order valence-electron chi connectivity index (χ3n) is 4.86. The molecule has 1 heterocycles. The summed E-state index contributed by atoms with van der Waals surface area (Å²) in [5.41, 5.74) is 1.68. The van der Waals surface area contributed by atoms with Gasteiger partial charge >= 0.3 is 6.03 Å². The van der Waals surface area contributed by atoms with Crippen molar-refractivity contribution in [2.45, 2.75) is 37.0 Å². The van der Waals surface area contributed by atoms with Crippen LogP contribution in [0, 0.1) is 0 Å². The molecule has 1 aliphatic rings. The molecule has 0 radical (unpaired) electrons. The summed E-state index contributed by atoms with van der Waals surface area (Å²) in [7, 11) is -3.57. The van der Waals surface area contributed by atoms with Crippen LogP contribution >= 0.6 is 0 Å². The number of urea groups is 1. The Kier molecular flexibility index (Phi) is 7.06. The molecule has 2 N–H and O–H groups in total. The van der Waals surface area contributed by atoms with Crippen LogP contribution in [0.15, 0.2) is 59.5 Å². The summed E-state index contributed by atoms with van der Waals surface area (Å²) in [6.07, 6.45) is 5.00. The average Bonchev–Trinajstić information content (AvgIpc) is 2.99. The maximum atomic E-state index is 12.4. The van der Waals surface area contributed by atoms with Crippen molar-refractivity contribution in [1.82, 2.24) is 9.62 Å². The molecule has 28 heavy (non-hydrogen) atoms. The quantitative estimate of drug-likeness (QED) is 0.776. The van der Waals surface area contributed by atoms with Crippen LogP contribution in [-0.2, 0) is 16.4 Å². The van der Waals surface area contributed by atoms with Crippen molar-refractivity contribution in [3.8, 4) is 0 Å². The van der Waals surface area contributed by atoms with Gasteiger partial charge in [0, 0.05) is 25.3 Å². The molecular weight excluding hydrogens is 374 g/mol. The van der Waals surface area contributed by atoms with Crippen molar-refractivity contribution in [1.29, 1.82) is 0 Å². The molecule has 0 saturated carbocycles. The molecule has 150 valence electrons. The van der Waals surface area contributed by atoms with Gasteiger partial charge in [-0.25, -0.2) is 17.9 Å².